The van der Waals surface area contributed by atoms with Crippen LogP contribution in [-0.2, 0) is 30.3 Å². The predicted octanol–water partition coefficient (Wildman–Crippen LogP) is 0.629. The van der Waals surface area contributed by atoms with Crippen LogP contribution in [0.2, 0.25) is 0 Å². The molecule has 1 aliphatic heterocycles. The molecule has 35 heavy (non-hydrogen) atoms. The van der Waals surface area contributed by atoms with Gasteiger partial charge in [0.25, 0.3) is 11.8 Å². The van der Waals surface area contributed by atoms with Crippen LogP contribution in [0.15, 0.2) is 30.3 Å². The molecule has 2 unspecified atom stereocenters. The first-order valence-corrected chi connectivity index (χ1v) is 12.4. The second-order valence-electron chi connectivity index (χ2n) is 9.26. The molecule has 4 atom stereocenters. The highest BCUT2D eigenvalue weighted by Gasteiger charge is 2.51. The fourth-order valence-electron chi connectivity index (χ4n) is 4.38. The van der Waals surface area contributed by atoms with Crippen LogP contribution in [0.3, 0.4) is 0 Å². The number of carboxylic acid groups (broad SMARTS) is 1. The van der Waals surface area contributed by atoms with E-state index in [9.17, 15) is 24.3 Å². The number of carboxylic acids is 1. The quantitative estimate of drug-likeness (QED) is 0.201. The Balaban J connectivity index is 1.57. The largest absolute Gasteiger partial charge is 0.480 e. The molecule has 192 valence electrons. The van der Waals surface area contributed by atoms with Gasteiger partial charge in [-0.3, -0.25) is 14.4 Å². The van der Waals surface area contributed by atoms with Crippen molar-refractivity contribution in [1.82, 2.24) is 16.0 Å². The summed E-state index contributed by atoms with van der Waals surface area (Å²) in [6.07, 6.45) is 4.74. The molecule has 0 spiro atoms. The van der Waals surface area contributed by atoms with Crippen LogP contribution in [0, 0.1) is 0 Å². The molecule has 1 aromatic rings. The van der Waals surface area contributed by atoms with Crippen LogP contribution in [-0.4, -0.2) is 65.7 Å². The van der Waals surface area contributed by atoms with Crippen LogP contribution < -0.4 is 21.7 Å². The van der Waals surface area contributed by atoms with E-state index in [0.29, 0.717) is 25.8 Å². The lowest BCUT2D eigenvalue weighted by atomic mass is 9.95. The minimum Gasteiger partial charge on any atom is -0.480 e. The molecule has 10 heteroatoms. The van der Waals surface area contributed by atoms with E-state index in [2.05, 4.69) is 16.0 Å². The number of hydrogen-bond acceptors (Lipinski definition) is 6. The number of rotatable bonds is 13. The Morgan fingerprint density at radius 3 is 2.17 bits per heavy atom. The van der Waals surface area contributed by atoms with Crippen molar-refractivity contribution in [3.05, 3.63) is 35.9 Å². The van der Waals surface area contributed by atoms with E-state index in [1.54, 1.807) is 0 Å². The number of carbonyl (C=O) groups is 4. The number of nitrogens with one attached hydrogen (secondary N) is 3. The molecule has 3 amide bonds. The molecule has 0 bridgehead atoms. The number of nitrogens with two attached hydrogens (primary N) is 1. The fourth-order valence-corrected chi connectivity index (χ4v) is 4.38. The molecule has 3 rings (SSSR count). The molecule has 1 saturated carbocycles. The zero-order valence-electron chi connectivity index (χ0n) is 19.9. The molecule has 2 fully saturated rings. The lowest BCUT2D eigenvalue weighted by molar-refractivity contribution is -0.142. The summed E-state index contributed by atoms with van der Waals surface area (Å²) < 4.78 is 5.26. The second-order valence-corrected chi connectivity index (χ2v) is 9.26. The lowest BCUT2D eigenvalue weighted by Crippen LogP contribution is -2.52. The Bertz CT molecular complexity index is 874. The summed E-state index contributed by atoms with van der Waals surface area (Å²) in [5, 5.41) is 17.6. The van der Waals surface area contributed by atoms with Crippen LogP contribution in [0.25, 0.3) is 0 Å². The molecule has 10 nitrogen and oxygen atoms in total. The smallest absolute Gasteiger partial charge is 0.326 e. The average molecular weight is 489 g/mol. The van der Waals surface area contributed by atoms with Crippen LogP contribution in [0.5, 0.6) is 0 Å². The third-order valence-electron chi connectivity index (χ3n) is 6.44. The second kappa shape index (κ2) is 13.2. The van der Waals surface area contributed by atoms with Crippen molar-refractivity contribution in [2.24, 2.45) is 5.73 Å². The van der Waals surface area contributed by atoms with Crippen molar-refractivity contribution in [3.8, 4) is 0 Å². The molecule has 0 radical (unpaired) electrons. The van der Waals surface area contributed by atoms with Gasteiger partial charge in [0.1, 0.15) is 12.1 Å². The molecule has 1 aromatic carbocycles. The summed E-state index contributed by atoms with van der Waals surface area (Å²) in [5.41, 5.74) is 6.33. The van der Waals surface area contributed by atoms with Gasteiger partial charge in [-0.1, -0.05) is 49.6 Å². The molecule has 2 aliphatic rings. The van der Waals surface area contributed by atoms with Gasteiger partial charge in [-0.25, -0.2) is 4.79 Å². The van der Waals surface area contributed by atoms with Gasteiger partial charge in [0, 0.05) is 12.5 Å². The molecule has 0 aromatic heterocycles. The van der Waals surface area contributed by atoms with Crippen molar-refractivity contribution in [2.75, 3.05) is 6.54 Å². The third-order valence-corrected chi connectivity index (χ3v) is 6.44. The highest BCUT2D eigenvalue weighted by atomic mass is 16.6. The lowest BCUT2D eigenvalue weighted by Gasteiger charge is -2.26. The Labute approximate surface area is 205 Å². The van der Waals surface area contributed by atoms with E-state index in [4.69, 9.17) is 10.5 Å². The Morgan fingerprint density at radius 1 is 0.943 bits per heavy atom. The van der Waals surface area contributed by atoms with Gasteiger partial charge in [-0.05, 0) is 44.2 Å². The number of carbonyl (C=O) groups excluding carboxylic acids is 3. The number of aliphatic carboxylic acids is 1. The van der Waals surface area contributed by atoms with Gasteiger partial charge in [-0.15, -0.1) is 0 Å². The highest BCUT2D eigenvalue weighted by Crippen LogP contribution is 2.23. The zero-order chi connectivity index (χ0) is 25.2. The normalized spacial score (nSPS) is 21.4. The SMILES string of the molecule is NCCCC[C@H](NC(=O)C1OC1C(=O)N[C@@H](Cc1ccccc1)C(=O)NC1CCCCC1)C(=O)O. The van der Waals surface area contributed by atoms with Crippen LogP contribution in [0.4, 0.5) is 0 Å². The number of amides is 3. The predicted molar refractivity (Wildman–Crippen MR) is 128 cm³/mol. The van der Waals surface area contributed by atoms with Crippen molar-refractivity contribution < 1.29 is 29.0 Å². The van der Waals surface area contributed by atoms with Crippen molar-refractivity contribution in [1.29, 1.82) is 0 Å². The maximum atomic E-state index is 13.0. The average Bonchev–Trinajstić information content (AvgIpc) is 3.65. The van der Waals surface area contributed by atoms with Gasteiger partial charge >= 0.3 is 5.97 Å². The Kier molecular flexibility index (Phi) is 10.0. The molecule has 1 aliphatic carbocycles. The van der Waals surface area contributed by atoms with Gasteiger partial charge < -0.3 is 31.5 Å². The van der Waals surface area contributed by atoms with Gasteiger partial charge in [0.2, 0.25) is 5.91 Å². The van der Waals surface area contributed by atoms with E-state index < -0.39 is 42.1 Å². The summed E-state index contributed by atoms with van der Waals surface area (Å²) >= 11 is 0. The Hall–Kier alpha value is -2.98. The number of benzene rings is 1. The summed E-state index contributed by atoms with van der Waals surface area (Å²) in [7, 11) is 0. The van der Waals surface area contributed by atoms with E-state index >= 15 is 0 Å². The summed E-state index contributed by atoms with van der Waals surface area (Å²) in [5.74, 6) is -2.64. The van der Waals surface area contributed by atoms with E-state index in [1.165, 1.54) is 0 Å². The summed E-state index contributed by atoms with van der Waals surface area (Å²) in [4.78, 5) is 49.7. The minimum absolute atomic E-state index is 0.0920. The number of epoxide rings is 1. The molecule has 1 heterocycles. The maximum Gasteiger partial charge on any atom is 0.326 e. The Morgan fingerprint density at radius 2 is 1.57 bits per heavy atom. The topological polar surface area (TPSA) is 163 Å². The highest BCUT2D eigenvalue weighted by molar-refractivity contribution is 5.98. The monoisotopic (exact) mass is 488 g/mol. The molecule has 6 N–H and O–H groups in total. The van der Waals surface area contributed by atoms with Crippen LogP contribution >= 0.6 is 0 Å². The summed E-state index contributed by atoms with van der Waals surface area (Å²) in [6.45, 7) is 0.437. The number of unbranched alkanes of at least 4 members (excludes halogenated alkanes) is 1. The van der Waals surface area contributed by atoms with E-state index in [-0.39, 0.29) is 18.4 Å². The maximum absolute atomic E-state index is 13.0. The molecular formula is C25H36N4O6. The van der Waals surface area contributed by atoms with Gasteiger partial charge in [-0.2, -0.15) is 0 Å². The van der Waals surface area contributed by atoms with Crippen molar-refractivity contribution in [2.45, 2.75) is 88.1 Å². The number of hydrogen-bond donors (Lipinski definition) is 5. The first kappa shape index (κ1) is 26.6. The van der Waals surface area contributed by atoms with E-state index in [1.807, 2.05) is 30.3 Å². The summed E-state index contributed by atoms with van der Waals surface area (Å²) in [6, 6.07) is 7.57. The standard InChI is InChI=1S/C25H36N4O6/c26-14-8-7-13-18(25(33)34)28-23(31)20-21(35-20)24(32)29-19(15-16-9-3-1-4-10-16)22(30)27-17-11-5-2-6-12-17/h1,3-4,9-10,17-21H,2,5-8,11-15,26H2,(H,27,30)(H,28,31)(H,29,32)(H,33,34)/t18-,19-,20?,21?/m0/s1. The molecule has 1 saturated heterocycles. The third kappa shape index (κ3) is 8.32. The molecular weight excluding hydrogens is 452 g/mol. The van der Waals surface area contributed by atoms with Crippen molar-refractivity contribution in [3.63, 3.8) is 0 Å². The number of ether oxygens (including phenoxy) is 1. The first-order valence-electron chi connectivity index (χ1n) is 12.4. The van der Waals surface area contributed by atoms with Gasteiger partial charge in [0.15, 0.2) is 12.2 Å². The van der Waals surface area contributed by atoms with Gasteiger partial charge in [0.05, 0.1) is 0 Å². The van der Waals surface area contributed by atoms with Crippen molar-refractivity contribution >= 4 is 23.7 Å². The first-order chi connectivity index (χ1) is 16.9. The minimum atomic E-state index is -1.15. The van der Waals surface area contributed by atoms with Crippen LogP contribution in [0.1, 0.15) is 56.9 Å². The fraction of sp³-hybridized carbons (Fsp3) is 0.600. The zero-order valence-corrected chi connectivity index (χ0v) is 19.9. The van der Waals surface area contributed by atoms with E-state index in [0.717, 1.165) is 37.7 Å².